The van der Waals surface area contributed by atoms with Crippen LogP contribution in [0.5, 0.6) is 0 Å². The lowest BCUT2D eigenvalue weighted by atomic mass is 10.2. The van der Waals surface area contributed by atoms with Crippen LogP contribution in [0.25, 0.3) is 0 Å². The Morgan fingerprint density at radius 2 is 2.00 bits per heavy atom. The average molecular weight is 275 g/mol. The summed E-state index contributed by atoms with van der Waals surface area (Å²) in [4.78, 5) is 17.9. The number of anilines is 1. The smallest absolute Gasteiger partial charge is 0.227 e. The molecule has 4 heteroatoms. The molecule has 3 nitrogen and oxygen atoms in total. The third-order valence-corrected chi connectivity index (χ3v) is 3.06. The number of halogens is 1. The molecule has 0 radical (unpaired) electrons. The molecular formula is C15H15ClN2O. The van der Waals surface area contributed by atoms with Gasteiger partial charge in [-0.15, -0.1) is 0 Å². The van der Waals surface area contributed by atoms with E-state index >= 15 is 0 Å². The highest BCUT2D eigenvalue weighted by Crippen LogP contribution is 2.20. The van der Waals surface area contributed by atoms with Crippen LogP contribution in [0.15, 0.2) is 48.8 Å². The molecule has 0 saturated carbocycles. The van der Waals surface area contributed by atoms with Crippen molar-refractivity contribution in [3.05, 3.63) is 59.4 Å². The zero-order valence-corrected chi connectivity index (χ0v) is 11.5. The third kappa shape index (κ3) is 3.55. The summed E-state index contributed by atoms with van der Waals surface area (Å²) in [5, 5.41) is 0.661. The van der Waals surface area contributed by atoms with E-state index in [9.17, 15) is 4.79 Å². The second kappa shape index (κ2) is 6.34. The Hall–Kier alpha value is -1.87. The fourth-order valence-electron chi connectivity index (χ4n) is 1.81. The summed E-state index contributed by atoms with van der Waals surface area (Å²) in [6, 6.07) is 11.1. The van der Waals surface area contributed by atoms with Gasteiger partial charge in [0.1, 0.15) is 0 Å². The van der Waals surface area contributed by atoms with E-state index in [-0.39, 0.29) is 5.91 Å². The van der Waals surface area contributed by atoms with Gasteiger partial charge in [-0.25, -0.2) is 0 Å². The van der Waals surface area contributed by atoms with Crippen LogP contribution in [-0.2, 0) is 11.3 Å². The fraction of sp³-hybridized carbons (Fsp3) is 0.200. The molecule has 2 rings (SSSR count). The first-order valence-electron chi connectivity index (χ1n) is 6.15. The first kappa shape index (κ1) is 13.6. The predicted octanol–water partition coefficient (Wildman–Crippen LogP) is 3.68. The summed E-state index contributed by atoms with van der Waals surface area (Å²) in [6.07, 6.45) is 3.95. The maximum atomic E-state index is 12.1. The number of rotatable bonds is 4. The zero-order chi connectivity index (χ0) is 13.7. The number of hydrogen-bond acceptors (Lipinski definition) is 2. The lowest BCUT2D eigenvalue weighted by Gasteiger charge is -2.22. The molecule has 0 fully saturated rings. The van der Waals surface area contributed by atoms with Gasteiger partial charge in [0.25, 0.3) is 0 Å². The normalized spacial score (nSPS) is 10.2. The molecule has 0 aliphatic heterocycles. The van der Waals surface area contributed by atoms with Crippen molar-refractivity contribution in [1.29, 1.82) is 0 Å². The number of aromatic nitrogens is 1. The van der Waals surface area contributed by atoms with Crippen LogP contribution >= 0.6 is 11.6 Å². The van der Waals surface area contributed by atoms with Gasteiger partial charge in [0.05, 0.1) is 6.54 Å². The number of pyridine rings is 1. The van der Waals surface area contributed by atoms with Crippen molar-refractivity contribution >= 4 is 23.2 Å². The van der Waals surface area contributed by atoms with Crippen molar-refractivity contribution in [3.63, 3.8) is 0 Å². The molecule has 98 valence electrons. The maximum absolute atomic E-state index is 12.1. The lowest BCUT2D eigenvalue weighted by Crippen LogP contribution is -2.29. The molecule has 0 saturated heterocycles. The van der Waals surface area contributed by atoms with Crippen molar-refractivity contribution in [2.75, 3.05) is 4.90 Å². The monoisotopic (exact) mass is 274 g/mol. The molecule has 0 spiro atoms. The molecule has 0 N–H and O–H groups in total. The van der Waals surface area contributed by atoms with E-state index in [4.69, 9.17) is 11.6 Å². The summed E-state index contributed by atoms with van der Waals surface area (Å²) < 4.78 is 0. The summed E-state index contributed by atoms with van der Waals surface area (Å²) >= 11 is 5.88. The number of carbonyl (C=O) groups excluding carboxylic acids is 1. The van der Waals surface area contributed by atoms with Crippen LogP contribution in [0.2, 0.25) is 5.02 Å². The lowest BCUT2D eigenvalue weighted by molar-refractivity contribution is -0.118. The Morgan fingerprint density at radius 3 is 2.58 bits per heavy atom. The molecule has 1 amide bonds. The summed E-state index contributed by atoms with van der Waals surface area (Å²) in [7, 11) is 0. The molecule has 0 atom stereocenters. The molecule has 1 aromatic heterocycles. The highest BCUT2D eigenvalue weighted by Gasteiger charge is 2.14. The Morgan fingerprint density at radius 1 is 1.26 bits per heavy atom. The Balaban J connectivity index is 2.26. The first-order valence-corrected chi connectivity index (χ1v) is 6.53. The molecule has 0 aliphatic rings. The van der Waals surface area contributed by atoms with Crippen molar-refractivity contribution in [1.82, 2.24) is 4.98 Å². The van der Waals surface area contributed by atoms with E-state index in [1.165, 1.54) is 0 Å². The van der Waals surface area contributed by atoms with Gasteiger partial charge < -0.3 is 4.90 Å². The minimum atomic E-state index is 0.0752. The van der Waals surface area contributed by atoms with Crippen LogP contribution in [0.4, 0.5) is 5.69 Å². The quantitative estimate of drug-likeness (QED) is 0.852. The number of hydrogen-bond donors (Lipinski definition) is 0. The zero-order valence-electron chi connectivity index (χ0n) is 10.7. The van der Waals surface area contributed by atoms with Crippen LogP contribution < -0.4 is 4.90 Å². The second-order valence-corrected chi connectivity index (χ2v) is 4.61. The van der Waals surface area contributed by atoms with E-state index in [1.54, 1.807) is 29.4 Å². The van der Waals surface area contributed by atoms with Crippen molar-refractivity contribution in [3.8, 4) is 0 Å². The van der Waals surface area contributed by atoms with Crippen LogP contribution in [0.1, 0.15) is 18.9 Å². The first-order chi connectivity index (χ1) is 9.20. The number of benzene rings is 1. The predicted molar refractivity (Wildman–Crippen MR) is 77.2 cm³/mol. The van der Waals surface area contributed by atoms with Crippen molar-refractivity contribution < 1.29 is 4.79 Å². The van der Waals surface area contributed by atoms with Gasteiger partial charge in [-0.3, -0.25) is 9.78 Å². The van der Waals surface area contributed by atoms with Gasteiger partial charge in [0.2, 0.25) is 5.91 Å². The van der Waals surface area contributed by atoms with Crippen molar-refractivity contribution in [2.45, 2.75) is 19.9 Å². The fourth-order valence-corrected chi connectivity index (χ4v) is 1.94. The van der Waals surface area contributed by atoms with E-state index in [0.29, 0.717) is 18.0 Å². The molecule has 19 heavy (non-hydrogen) atoms. The summed E-state index contributed by atoms with van der Waals surface area (Å²) in [5.74, 6) is 0.0752. The minimum absolute atomic E-state index is 0.0752. The van der Waals surface area contributed by atoms with Gasteiger partial charge in [0, 0.05) is 29.5 Å². The Kier molecular flexibility index (Phi) is 4.53. The molecule has 1 aromatic carbocycles. The number of carbonyl (C=O) groups is 1. The van der Waals surface area contributed by atoms with Gasteiger partial charge in [-0.2, -0.15) is 0 Å². The largest absolute Gasteiger partial charge is 0.308 e. The molecule has 2 aromatic rings. The molecule has 0 aliphatic carbocycles. The highest BCUT2D eigenvalue weighted by atomic mass is 35.5. The Labute approximate surface area is 117 Å². The topological polar surface area (TPSA) is 33.2 Å². The van der Waals surface area contributed by atoms with Crippen LogP contribution in [0.3, 0.4) is 0 Å². The molecule has 0 bridgehead atoms. The summed E-state index contributed by atoms with van der Waals surface area (Å²) in [6.45, 7) is 2.37. The maximum Gasteiger partial charge on any atom is 0.227 e. The number of amides is 1. The molecule has 0 unspecified atom stereocenters. The van der Waals surface area contributed by atoms with E-state index in [2.05, 4.69) is 4.98 Å². The highest BCUT2D eigenvalue weighted by molar-refractivity contribution is 6.30. The average Bonchev–Trinajstić information content (AvgIpc) is 2.46. The van der Waals surface area contributed by atoms with Gasteiger partial charge >= 0.3 is 0 Å². The van der Waals surface area contributed by atoms with Crippen LogP contribution in [0, 0.1) is 0 Å². The van der Waals surface area contributed by atoms with E-state index in [0.717, 1.165) is 11.3 Å². The van der Waals surface area contributed by atoms with Gasteiger partial charge in [-0.1, -0.05) is 24.6 Å². The summed E-state index contributed by atoms with van der Waals surface area (Å²) in [5.41, 5.74) is 1.85. The van der Waals surface area contributed by atoms with Crippen LogP contribution in [-0.4, -0.2) is 10.9 Å². The standard InChI is InChI=1S/C15H15ClN2O/c1-2-15(19)18(11-12-4-3-9-17-10-12)14-7-5-13(16)6-8-14/h3-10H,2,11H2,1H3. The van der Waals surface area contributed by atoms with E-state index < -0.39 is 0 Å². The molecular weight excluding hydrogens is 260 g/mol. The van der Waals surface area contributed by atoms with E-state index in [1.807, 2.05) is 31.2 Å². The van der Waals surface area contributed by atoms with Gasteiger partial charge in [0.15, 0.2) is 0 Å². The Bertz CT molecular complexity index is 540. The SMILES string of the molecule is CCC(=O)N(Cc1cccnc1)c1ccc(Cl)cc1. The number of nitrogens with zero attached hydrogens (tertiary/aromatic N) is 2. The third-order valence-electron chi connectivity index (χ3n) is 2.81. The molecule has 1 heterocycles. The van der Waals surface area contributed by atoms with Crippen molar-refractivity contribution in [2.24, 2.45) is 0 Å². The minimum Gasteiger partial charge on any atom is -0.308 e. The van der Waals surface area contributed by atoms with Gasteiger partial charge in [-0.05, 0) is 35.9 Å². The second-order valence-electron chi connectivity index (χ2n) is 4.17.